The summed E-state index contributed by atoms with van der Waals surface area (Å²) in [5, 5.41) is -1.29. The normalized spacial score (nSPS) is 19.3. The third-order valence-corrected chi connectivity index (χ3v) is 8.04. The first-order valence-electron chi connectivity index (χ1n) is 32.2. The van der Waals surface area contributed by atoms with Crippen molar-refractivity contribution in [3.63, 3.8) is 0 Å². The van der Waals surface area contributed by atoms with Gasteiger partial charge in [-0.05, 0) is 64.0 Å². The molecule has 2 heterocycles. The van der Waals surface area contributed by atoms with Crippen LogP contribution in [0.4, 0.5) is 0 Å². The molecule has 0 N–H and O–H groups in total. The van der Waals surface area contributed by atoms with Gasteiger partial charge in [-0.25, -0.2) is 15.0 Å². The molecule has 4 heteroatoms. The summed E-state index contributed by atoms with van der Waals surface area (Å²) >= 11 is 0. The van der Waals surface area contributed by atoms with E-state index in [4.69, 9.17) is 34.6 Å². The van der Waals surface area contributed by atoms with Crippen LogP contribution >= 0.6 is 0 Å². The van der Waals surface area contributed by atoms with Crippen LogP contribution in [0.5, 0.6) is 0 Å². The molecule has 0 amide bonds. The van der Waals surface area contributed by atoms with Crippen LogP contribution in [0.2, 0.25) is 0 Å². The minimum absolute atomic E-state index is 0.202. The van der Waals surface area contributed by atoms with E-state index >= 15 is 0 Å². The summed E-state index contributed by atoms with van der Waals surface area (Å²) in [5.41, 5.74) is -10.6. The maximum absolute atomic E-state index is 9.60. The Labute approximate surface area is 370 Å². The molecule has 56 heavy (non-hydrogen) atoms. The first-order valence-corrected chi connectivity index (χ1v) is 16.2. The molecule has 0 radical (unpaired) electrons. The Morgan fingerprint density at radius 3 is 1.38 bits per heavy atom. The Morgan fingerprint density at radius 1 is 0.339 bits per heavy atom. The van der Waals surface area contributed by atoms with Crippen LogP contribution in [-0.4, -0.2) is 15.0 Å². The second kappa shape index (κ2) is 14.1. The van der Waals surface area contributed by atoms with Crippen LogP contribution in [0, 0.1) is 6.92 Å². The SMILES string of the molecule is [2H]c1c([2H])c([2H])c(-c2c([2H])c([2H])c(-c3c([2H])c([2H])c([2H])c4c3oc3c(-c5nc(-c6c([2H])c([2H])c([2H])c(-c7c([2H])c([2H])c([2H])c([2H])c7[2H])c6[2H])nc(-c6c([2H])c([2H])c([2H])c(-c7c([2H])c([2H])c([2H])c(C)c7[2H])c6[2H])n5)c([2H])c([2H])c([2H])c34)c([2H])c2[2H])c([2H])c1[2H]. The minimum Gasteiger partial charge on any atom is -0.455 e. The van der Waals surface area contributed by atoms with Gasteiger partial charge in [-0.3, -0.25) is 0 Å². The van der Waals surface area contributed by atoms with E-state index in [1.807, 2.05) is 0 Å². The van der Waals surface area contributed by atoms with Crippen molar-refractivity contribution >= 4 is 21.9 Å². The van der Waals surface area contributed by atoms with E-state index in [0.29, 0.717) is 0 Å². The van der Waals surface area contributed by atoms with Crippen molar-refractivity contribution in [1.29, 1.82) is 0 Å². The van der Waals surface area contributed by atoms with Gasteiger partial charge >= 0.3 is 0 Å². The van der Waals surface area contributed by atoms with Crippen LogP contribution in [0.3, 0.4) is 0 Å². The van der Waals surface area contributed by atoms with E-state index in [1.54, 1.807) is 0 Å². The molecule has 0 aliphatic carbocycles. The highest BCUT2D eigenvalue weighted by Crippen LogP contribution is 2.40. The monoisotopic (exact) mass is 749 g/mol. The summed E-state index contributed by atoms with van der Waals surface area (Å²) in [6.07, 6.45) is 0. The van der Waals surface area contributed by atoms with Crippen LogP contribution in [0.15, 0.2) is 198 Å². The second-order valence-corrected chi connectivity index (χ2v) is 11.6. The predicted octanol–water partition coefficient (Wildman–Crippen LogP) is 13.7. The van der Waals surface area contributed by atoms with Gasteiger partial charge < -0.3 is 4.42 Å². The van der Waals surface area contributed by atoms with Gasteiger partial charge in [0.05, 0.1) is 49.4 Å². The van der Waals surface area contributed by atoms with Gasteiger partial charge in [0.2, 0.25) is 0 Å². The molecule has 0 aliphatic heterocycles. The zero-order valence-electron chi connectivity index (χ0n) is 60.2. The van der Waals surface area contributed by atoms with Crippen molar-refractivity contribution in [2.45, 2.75) is 6.92 Å². The molecule has 2 aromatic heterocycles. The summed E-state index contributed by atoms with van der Waals surface area (Å²) in [7, 11) is 0. The number of benzene rings is 8. The summed E-state index contributed by atoms with van der Waals surface area (Å²) < 4.78 is 290. The molecule has 10 aromatic rings. The maximum Gasteiger partial charge on any atom is 0.167 e. The number of fused-ring (bicyclic) bond motifs is 3. The van der Waals surface area contributed by atoms with Crippen LogP contribution in [0.25, 0.3) is 101 Å². The van der Waals surface area contributed by atoms with Gasteiger partial charge in [0.1, 0.15) is 11.2 Å². The van der Waals surface area contributed by atoms with Crippen molar-refractivity contribution in [1.82, 2.24) is 15.0 Å². The Hall–Kier alpha value is -7.43. The predicted molar refractivity (Wildman–Crippen MR) is 230 cm³/mol. The van der Waals surface area contributed by atoms with Crippen molar-refractivity contribution in [2.24, 2.45) is 0 Å². The fraction of sp³-hybridized carbons (Fsp3) is 0.0192. The van der Waals surface area contributed by atoms with Gasteiger partial charge in [-0.2, -0.15) is 0 Å². The third kappa shape index (κ3) is 6.23. The Morgan fingerprint density at radius 2 is 0.750 bits per heavy atom. The molecule has 0 saturated heterocycles. The van der Waals surface area contributed by atoms with Gasteiger partial charge in [0.25, 0.3) is 0 Å². The molecule has 0 saturated carbocycles. The average Bonchev–Trinajstić information content (AvgIpc) is 1.48. The minimum atomic E-state index is -1.07. The fourth-order valence-electron chi connectivity index (χ4n) is 5.53. The lowest BCUT2D eigenvalue weighted by Crippen LogP contribution is -2.00. The lowest BCUT2D eigenvalue weighted by molar-refractivity contribution is 0.670. The average molecular weight is 750 g/mol. The Kier molecular flexibility index (Phi) is 3.45. The number of rotatable bonds is 7. The van der Waals surface area contributed by atoms with E-state index in [0.717, 1.165) is 0 Å². The number of hydrogen-bond donors (Lipinski definition) is 0. The largest absolute Gasteiger partial charge is 0.455 e. The number of hydrogen-bond acceptors (Lipinski definition) is 4. The zero-order valence-corrected chi connectivity index (χ0v) is 28.2. The standard InChI is InChI=1S/C52H35N3O/c1-34-13-8-18-39(31-34)41-20-10-22-43(33-41)51-53-50(42-21-9-19-40(32-42)36-16-6-3-7-17-36)54-52(55-51)47-26-12-25-46-45-24-11-23-44(48(45)56-49(46)47)38-29-27-37(28-30-38)35-14-4-2-5-15-35/h2-33H,1H3/i2D,3D,4D,5D,6D,7D,8D,9D,10D,11D,12D,13D,14D,15D,16D,17D,18D,19D,20D,21D,22D,23D,24D,25D,26D,27D,28D,29D,30D,31D,32D,33D. The van der Waals surface area contributed by atoms with Crippen molar-refractivity contribution < 1.29 is 48.3 Å². The Bertz CT molecular complexity index is 4630. The molecule has 0 unspecified atom stereocenters. The summed E-state index contributed by atoms with van der Waals surface area (Å²) in [4.78, 5) is 13.3. The third-order valence-electron chi connectivity index (χ3n) is 8.04. The van der Waals surface area contributed by atoms with Gasteiger partial charge in [-0.1, -0.05) is 181 Å². The molecule has 0 atom stereocenters. The molecule has 264 valence electrons. The van der Waals surface area contributed by atoms with Crippen LogP contribution in [0.1, 0.15) is 49.4 Å². The lowest BCUT2D eigenvalue weighted by atomic mass is 9.98. The molecule has 0 fully saturated rings. The van der Waals surface area contributed by atoms with Gasteiger partial charge in [-0.15, -0.1) is 0 Å². The molecule has 8 aromatic carbocycles. The van der Waals surface area contributed by atoms with Crippen LogP contribution < -0.4 is 0 Å². The van der Waals surface area contributed by atoms with Crippen molar-refractivity contribution in [2.75, 3.05) is 0 Å². The molecule has 0 bridgehead atoms. The topological polar surface area (TPSA) is 51.8 Å². The first-order chi connectivity index (χ1) is 41.0. The highest BCUT2D eigenvalue weighted by atomic mass is 16.3. The van der Waals surface area contributed by atoms with Crippen molar-refractivity contribution in [3.8, 4) is 78.7 Å². The molecular formula is C52H35N3O. The molecule has 4 nitrogen and oxygen atoms in total. The first kappa shape index (κ1) is 13.7. The zero-order chi connectivity index (χ0) is 65.3. The van der Waals surface area contributed by atoms with Crippen LogP contribution in [-0.2, 0) is 0 Å². The van der Waals surface area contributed by atoms with E-state index in [2.05, 4.69) is 15.0 Å². The van der Waals surface area contributed by atoms with E-state index in [1.165, 1.54) is 6.92 Å². The van der Waals surface area contributed by atoms with Gasteiger partial charge in [0.15, 0.2) is 17.5 Å². The summed E-state index contributed by atoms with van der Waals surface area (Å²) in [5.74, 6) is -2.96. The van der Waals surface area contributed by atoms with Gasteiger partial charge in [0, 0.05) is 27.5 Å². The highest BCUT2D eigenvalue weighted by molar-refractivity contribution is 6.12. The summed E-state index contributed by atoms with van der Waals surface area (Å²) in [6, 6.07) is -30.3. The van der Waals surface area contributed by atoms with E-state index < -0.39 is 294 Å². The fourth-order valence-corrected chi connectivity index (χ4v) is 5.53. The Balaban J connectivity index is 1.38. The molecular weight excluding hydrogens is 683 g/mol. The van der Waals surface area contributed by atoms with Crippen molar-refractivity contribution in [3.05, 3.63) is 199 Å². The quantitative estimate of drug-likeness (QED) is 0.163. The second-order valence-electron chi connectivity index (χ2n) is 11.6. The maximum atomic E-state index is 9.60. The number of para-hydroxylation sites is 2. The van der Waals surface area contributed by atoms with E-state index in [-0.39, 0.29) is 5.56 Å². The molecule has 10 rings (SSSR count). The highest BCUT2D eigenvalue weighted by Gasteiger charge is 2.20. The smallest absolute Gasteiger partial charge is 0.167 e. The lowest BCUT2D eigenvalue weighted by Gasteiger charge is -2.11. The molecule has 0 aliphatic rings. The number of nitrogens with zero attached hydrogens (tertiary/aromatic N) is 3. The number of aromatic nitrogens is 3. The van der Waals surface area contributed by atoms with E-state index in [9.17, 15) is 13.7 Å². The molecule has 0 spiro atoms. The number of furan rings is 1. The summed E-state index contributed by atoms with van der Waals surface area (Å²) in [6.45, 7) is 1.24.